The van der Waals surface area contributed by atoms with Gasteiger partial charge in [0.15, 0.2) is 12.2 Å². The van der Waals surface area contributed by atoms with E-state index in [0.717, 1.165) is 72.6 Å². The normalized spacial score (nSPS) is 16.3. The number of hydrogen-bond donors (Lipinski definition) is 1. The zero-order valence-electron chi connectivity index (χ0n) is 43.3. The minimum Gasteiger partial charge on any atom is -0.489 e. The van der Waals surface area contributed by atoms with Crippen LogP contribution in [0.5, 0.6) is 17.2 Å². The van der Waals surface area contributed by atoms with Crippen LogP contribution in [0, 0.1) is 11.8 Å². The van der Waals surface area contributed by atoms with Crippen LogP contribution in [0.4, 0.5) is 11.4 Å². The van der Waals surface area contributed by atoms with Crippen molar-refractivity contribution in [1.82, 2.24) is 0 Å². The molecule has 8 nitrogen and oxygen atoms in total. The number of ether oxygens (including phenoxy) is 5. The van der Waals surface area contributed by atoms with Crippen molar-refractivity contribution < 1.29 is 23.7 Å². The van der Waals surface area contributed by atoms with Crippen molar-refractivity contribution in [2.45, 2.75) is 44.1 Å². The largest absolute Gasteiger partial charge is 0.489 e. The highest BCUT2D eigenvalue weighted by molar-refractivity contribution is 6.04. The Balaban J connectivity index is 0.825. The molecule has 0 saturated carbocycles. The highest BCUT2D eigenvalue weighted by Gasteiger charge is 2.37. The molecular formula is C71H55N3O5. The van der Waals surface area contributed by atoms with E-state index >= 15 is 0 Å². The molecule has 0 unspecified atom stereocenters. The van der Waals surface area contributed by atoms with E-state index in [1.54, 1.807) is 0 Å². The monoisotopic (exact) mass is 1030 g/mol. The van der Waals surface area contributed by atoms with Gasteiger partial charge in [-0.2, -0.15) is 0 Å². The number of aliphatic imine (C=N–C) groups is 2. The van der Waals surface area contributed by atoms with Gasteiger partial charge in [0.2, 0.25) is 11.8 Å². The maximum absolute atomic E-state index is 6.93. The lowest BCUT2D eigenvalue weighted by Crippen LogP contribution is -2.12. The molecule has 12 rings (SSSR count). The lowest BCUT2D eigenvalue weighted by molar-refractivity contribution is 0.197. The Bertz CT molecular complexity index is 3710. The summed E-state index contributed by atoms with van der Waals surface area (Å²) in [6, 6.07) is 89.0. The maximum Gasteiger partial charge on any atom is 0.219 e. The molecule has 1 N–H and O–H groups in total. The van der Waals surface area contributed by atoms with Crippen molar-refractivity contribution in [3.63, 3.8) is 0 Å². The third kappa shape index (κ3) is 12.1. The van der Waals surface area contributed by atoms with E-state index in [2.05, 4.69) is 71.8 Å². The lowest BCUT2D eigenvalue weighted by Gasteiger charge is -2.20. The maximum atomic E-state index is 6.93. The number of nitrogens with zero attached hydrogens (tertiary/aromatic N) is 2. The summed E-state index contributed by atoms with van der Waals surface area (Å²) in [6.07, 6.45) is -0.648. The fourth-order valence-corrected chi connectivity index (χ4v) is 9.81. The van der Waals surface area contributed by atoms with Crippen molar-refractivity contribution in [3.05, 3.63) is 328 Å². The van der Waals surface area contributed by atoms with Crippen molar-refractivity contribution in [2.75, 3.05) is 5.32 Å². The van der Waals surface area contributed by atoms with E-state index < -0.39 is 0 Å². The van der Waals surface area contributed by atoms with E-state index in [0.29, 0.717) is 48.9 Å². The van der Waals surface area contributed by atoms with Gasteiger partial charge in [0, 0.05) is 17.2 Å². The van der Waals surface area contributed by atoms with Gasteiger partial charge in [0.1, 0.15) is 49.2 Å². The van der Waals surface area contributed by atoms with Crippen LogP contribution in [-0.4, -0.2) is 11.8 Å². The summed E-state index contributed by atoms with van der Waals surface area (Å²) >= 11 is 0. The summed E-state index contributed by atoms with van der Waals surface area (Å²) < 4.78 is 32.6. The first-order chi connectivity index (χ1) is 39.1. The molecule has 0 radical (unpaired) electrons. The highest BCUT2D eigenvalue weighted by atomic mass is 16.5. The molecule has 2 heterocycles. The Morgan fingerprint density at radius 3 is 1.27 bits per heavy atom. The Kier molecular flexibility index (Phi) is 15.0. The smallest absolute Gasteiger partial charge is 0.219 e. The van der Waals surface area contributed by atoms with Crippen molar-refractivity contribution in [3.8, 4) is 29.1 Å². The first-order valence-electron chi connectivity index (χ1n) is 26.5. The molecule has 10 aromatic carbocycles. The van der Waals surface area contributed by atoms with Crippen LogP contribution in [0.25, 0.3) is 0 Å². The quantitative estimate of drug-likeness (QED) is 0.0915. The summed E-state index contributed by atoms with van der Waals surface area (Å²) in [5, 5.41) is 3.80. The van der Waals surface area contributed by atoms with Gasteiger partial charge in [-0.25, -0.2) is 9.98 Å². The number of rotatable bonds is 17. The predicted octanol–water partition coefficient (Wildman–Crippen LogP) is 16.1. The summed E-state index contributed by atoms with van der Waals surface area (Å²) in [5.41, 5.74) is 12.2. The molecule has 0 bridgehead atoms. The van der Waals surface area contributed by atoms with Gasteiger partial charge in [0.05, 0.1) is 22.5 Å². The Morgan fingerprint density at radius 2 is 0.747 bits per heavy atom. The molecule has 2 aliphatic rings. The van der Waals surface area contributed by atoms with Gasteiger partial charge in [-0.15, -0.1) is 0 Å². The molecule has 0 amide bonds. The molecule has 79 heavy (non-hydrogen) atoms. The van der Waals surface area contributed by atoms with Crippen molar-refractivity contribution >= 4 is 23.2 Å². The van der Waals surface area contributed by atoms with E-state index in [9.17, 15) is 0 Å². The Hall–Kier alpha value is -10.1. The molecule has 384 valence electrons. The van der Waals surface area contributed by atoms with Crippen LogP contribution in [0.3, 0.4) is 0 Å². The second-order valence-electron chi connectivity index (χ2n) is 19.3. The van der Waals surface area contributed by atoms with E-state index in [1.165, 1.54) is 0 Å². The first kappa shape index (κ1) is 49.8. The average Bonchev–Trinajstić information content (AvgIpc) is 4.26. The average molecular weight is 1030 g/mol. The van der Waals surface area contributed by atoms with Gasteiger partial charge in [-0.1, -0.05) is 206 Å². The Morgan fingerprint density at radius 1 is 0.342 bits per heavy atom. The van der Waals surface area contributed by atoms with E-state index in [-0.39, 0.29) is 24.3 Å². The molecule has 4 atom stereocenters. The van der Waals surface area contributed by atoms with E-state index in [1.807, 2.05) is 212 Å². The minimum absolute atomic E-state index is 0.242. The van der Waals surface area contributed by atoms with Crippen LogP contribution in [0.2, 0.25) is 0 Å². The molecule has 8 heteroatoms. The molecule has 10 aromatic rings. The standard InChI is InChI=1S/C71H55N3O5/c1-7-21-52(22-8-1)47-76-60-43-54(44-61(46-60)77-48-53-23-9-2-10-24-53)49-75-59-40-37-50(38-41-59)35-36-51-39-42-63(71-74-67(56-27-13-4-14-28-56)69(79-71)58-31-17-6-18-32-58)65(45-51)72-64-34-20-19-33-62(64)70-73-66(55-25-11-3-12-26-55)68(78-70)57-29-15-5-16-30-57/h1-34,37-46,66-69,72H,47-49H2/t66-,67-,68-,69-/m0/s1. The molecule has 2 aliphatic heterocycles. The third-order valence-corrected chi connectivity index (χ3v) is 13.8. The van der Waals surface area contributed by atoms with Crippen LogP contribution in [-0.2, 0) is 29.3 Å². The molecule has 0 aliphatic carbocycles. The lowest BCUT2D eigenvalue weighted by atomic mass is 9.97. The second kappa shape index (κ2) is 23.8. The van der Waals surface area contributed by atoms with Crippen LogP contribution >= 0.6 is 0 Å². The summed E-state index contributed by atoms with van der Waals surface area (Å²) in [5.74, 6) is 10.0. The molecule has 0 spiro atoms. The number of anilines is 2. The van der Waals surface area contributed by atoms with Gasteiger partial charge in [-0.05, 0) is 106 Å². The number of para-hydroxylation sites is 1. The van der Waals surface area contributed by atoms with E-state index in [4.69, 9.17) is 33.7 Å². The first-order valence-corrected chi connectivity index (χ1v) is 26.5. The predicted molar refractivity (Wildman–Crippen MR) is 313 cm³/mol. The van der Waals surface area contributed by atoms with Gasteiger partial charge in [-0.3, -0.25) is 0 Å². The van der Waals surface area contributed by atoms with Crippen LogP contribution in [0.15, 0.2) is 277 Å². The Labute approximate surface area is 461 Å². The van der Waals surface area contributed by atoms with Crippen LogP contribution in [0.1, 0.15) is 85.5 Å². The minimum atomic E-state index is -0.336. The zero-order chi connectivity index (χ0) is 53.0. The molecule has 0 saturated heterocycles. The number of hydrogen-bond acceptors (Lipinski definition) is 8. The highest BCUT2D eigenvalue weighted by Crippen LogP contribution is 2.44. The van der Waals surface area contributed by atoms with Gasteiger partial charge >= 0.3 is 0 Å². The SMILES string of the molecule is C(#Cc1ccc(C2=N[C@@H](c3ccccc3)[C@H](c3ccccc3)O2)c(Nc2ccccc2C2=N[C@@H](c3ccccc3)[C@H](c3ccccc3)O2)c1)c1ccc(OCc2cc(OCc3ccccc3)cc(OCc3ccccc3)c2)cc1. The molecule has 0 fully saturated rings. The fraction of sp³-hybridized carbons (Fsp3) is 0.0986. The molecular weight excluding hydrogens is 975 g/mol. The molecule has 0 aromatic heterocycles. The fourth-order valence-electron chi connectivity index (χ4n) is 9.81. The van der Waals surface area contributed by atoms with Crippen LogP contribution < -0.4 is 19.5 Å². The van der Waals surface area contributed by atoms with Gasteiger partial charge < -0.3 is 29.0 Å². The second-order valence-corrected chi connectivity index (χ2v) is 19.3. The summed E-state index contributed by atoms with van der Waals surface area (Å²) in [4.78, 5) is 10.6. The number of nitrogens with one attached hydrogen (secondary N) is 1. The third-order valence-electron chi connectivity index (χ3n) is 13.8. The van der Waals surface area contributed by atoms with Crippen molar-refractivity contribution in [1.29, 1.82) is 0 Å². The topological polar surface area (TPSA) is 82.9 Å². The summed E-state index contributed by atoms with van der Waals surface area (Å²) in [7, 11) is 0. The van der Waals surface area contributed by atoms with Crippen molar-refractivity contribution in [2.24, 2.45) is 9.98 Å². The number of benzene rings is 10. The summed E-state index contributed by atoms with van der Waals surface area (Å²) in [6.45, 7) is 1.19. The zero-order valence-corrected chi connectivity index (χ0v) is 43.3. The van der Waals surface area contributed by atoms with Gasteiger partial charge in [0.25, 0.3) is 0 Å².